The van der Waals surface area contributed by atoms with E-state index < -0.39 is 0 Å². The minimum Gasteiger partial charge on any atom is -0.467 e. The van der Waals surface area contributed by atoms with E-state index in [0.717, 1.165) is 11.4 Å². The molecule has 0 amide bonds. The van der Waals surface area contributed by atoms with Crippen molar-refractivity contribution < 1.29 is 9.21 Å². The third-order valence-corrected chi connectivity index (χ3v) is 3.20. The lowest BCUT2D eigenvalue weighted by atomic mass is 10.1. The summed E-state index contributed by atoms with van der Waals surface area (Å²) in [4.78, 5) is 20.0. The van der Waals surface area contributed by atoms with E-state index in [1.807, 2.05) is 24.3 Å². The number of aromatic nitrogens is 2. The lowest BCUT2D eigenvalue weighted by Crippen LogP contribution is -2.04. The number of furan rings is 1. The van der Waals surface area contributed by atoms with Crippen LogP contribution in [0.4, 0.5) is 17.5 Å². The molecule has 6 nitrogen and oxygen atoms in total. The molecule has 0 aliphatic heterocycles. The van der Waals surface area contributed by atoms with Crippen molar-refractivity contribution in [2.75, 3.05) is 10.6 Å². The summed E-state index contributed by atoms with van der Waals surface area (Å²) < 4.78 is 5.26. The largest absolute Gasteiger partial charge is 0.467 e. The molecule has 2 aromatic heterocycles. The number of hydrogen-bond acceptors (Lipinski definition) is 6. The summed E-state index contributed by atoms with van der Waals surface area (Å²) in [6.07, 6.45) is 3.29. The van der Waals surface area contributed by atoms with Gasteiger partial charge >= 0.3 is 0 Å². The number of carbonyl (C=O) groups is 1. The van der Waals surface area contributed by atoms with Crippen LogP contribution in [-0.4, -0.2) is 15.8 Å². The van der Waals surface area contributed by atoms with Crippen molar-refractivity contribution >= 4 is 23.2 Å². The third-order valence-electron chi connectivity index (χ3n) is 3.20. The van der Waals surface area contributed by atoms with E-state index in [-0.39, 0.29) is 5.78 Å². The fourth-order valence-corrected chi connectivity index (χ4v) is 2.05. The monoisotopic (exact) mass is 308 g/mol. The molecule has 2 heterocycles. The summed E-state index contributed by atoms with van der Waals surface area (Å²) >= 11 is 0. The molecule has 2 N–H and O–H groups in total. The molecular formula is C17H16N4O2. The summed E-state index contributed by atoms with van der Waals surface area (Å²) in [7, 11) is 0. The van der Waals surface area contributed by atoms with Crippen molar-refractivity contribution in [2.24, 2.45) is 0 Å². The van der Waals surface area contributed by atoms with E-state index in [1.165, 1.54) is 6.92 Å². The molecular weight excluding hydrogens is 292 g/mol. The molecule has 1 aromatic carbocycles. The lowest BCUT2D eigenvalue weighted by molar-refractivity contribution is 0.101. The normalized spacial score (nSPS) is 10.3. The predicted molar refractivity (Wildman–Crippen MR) is 87.8 cm³/mol. The molecule has 3 rings (SSSR count). The highest BCUT2D eigenvalue weighted by atomic mass is 16.3. The van der Waals surface area contributed by atoms with Gasteiger partial charge in [-0.1, -0.05) is 12.1 Å². The molecule has 0 spiro atoms. The quantitative estimate of drug-likeness (QED) is 0.677. The van der Waals surface area contributed by atoms with E-state index in [0.29, 0.717) is 23.9 Å². The van der Waals surface area contributed by atoms with Gasteiger partial charge in [-0.25, -0.2) is 4.98 Å². The molecule has 0 saturated heterocycles. The zero-order valence-corrected chi connectivity index (χ0v) is 12.6. The van der Waals surface area contributed by atoms with Gasteiger partial charge in [0.15, 0.2) is 5.78 Å². The van der Waals surface area contributed by atoms with Gasteiger partial charge in [-0.2, -0.15) is 4.98 Å². The number of carbonyl (C=O) groups excluding carboxylic acids is 1. The maximum atomic E-state index is 11.4. The summed E-state index contributed by atoms with van der Waals surface area (Å²) in [5.74, 6) is 1.98. The van der Waals surface area contributed by atoms with Gasteiger partial charge in [0, 0.05) is 17.4 Å². The maximum absolute atomic E-state index is 11.4. The Morgan fingerprint density at radius 3 is 2.91 bits per heavy atom. The first-order valence-electron chi connectivity index (χ1n) is 7.18. The second-order valence-corrected chi connectivity index (χ2v) is 4.96. The second-order valence-electron chi connectivity index (χ2n) is 4.96. The molecule has 0 bridgehead atoms. The first-order valence-corrected chi connectivity index (χ1v) is 7.18. The molecule has 6 heteroatoms. The summed E-state index contributed by atoms with van der Waals surface area (Å²) in [6.45, 7) is 2.08. The highest BCUT2D eigenvalue weighted by molar-refractivity contribution is 5.95. The number of hydrogen-bond donors (Lipinski definition) is 2. The average molecular weight is 308 g/mol. The van der Waals surface area contributed by atoms with Crippen molar-refractivity contribution in [2.45, 2.75) is 13.5 Å². The second kappa shape index (κ2) is 6.74. The third kappa shape index (κ3) is 3.94. The molecule has 0 fully saturated rings. The minimum atomic E-state index is 0.0171. The van der Waals surface area contributed by atoms with Gasteiger partial charge in [-0.3, -0.25) is 4.79 Å². The Morgan fingerprint density at radius 1 is 1.22 bits per heavy atom. The molecule has 0 saturated carbocycles. The van der Waals surface area contributed by atoms with Crippen LogP contribution in [0.25, 0.3) is 0 Å². The van der Waals surface area contributed by atoms with E-state index >= 15 is 0 Å². The van der Waals surface area contributed by atoms with E-state index in [2.05, 4.69) is 20.6 Å². The SMILES string of the molecule is CC(=O)c1cccc(Nc2nccc(NCc3ccco3)n2)c1. The van der Waals surface area contributed by atoms with Gasteiger partial charge < -0.3 is 15.1 Å². The first kappa shape index (κ1) is 14.8. The number of benzene rings is 1. The van der Waals surface area contributed by atoms with Crippen LogP contribution < -0.4 is 10.6 Å². The molecule has 0 unspecified atom stereocenters. The predicted octanol–water partition coefficient (Wildman–Crippen LogP) is 3.63. The highest BCUT2D eigenvalue weighted by Crippen LogP contribution is 2.16. The summed E-state index contributed by atoms with van der Waals surface area (Å²) in [5.41, 5.74) is 1.41. The van der Waals surface area contributed by atoms with Crippen LogP contribution in [0.15, 0.2) is 59.3 Å². The van der Waals surface area contributed by atoms with Gasteiger partial charge in [0.2, 0.25) is 5.95 Å². The van der Waals surface area contributed by atoms with Crippen LogP contribution in [0.1, 0.15) is 23.0 Å². The van der Waals surface area contributed by atoms with Crippen molar-refractivity contribution in [1.82, 2.24) is 9.97 Å². The van der Waals surface area contributed by atoms with Gasteiger partial charge in [0.05, 0.1) is 12.8 Å². The van der Waals surface area contributed by atoms with Crippen LogP contribution >= 0.6 is 0 Å². The molecule has 23 heavy (non-hydrogen) atoms. The van der Waals surface area contributed by atoms with Crippen LogP contribution in [0, 0.1) is 0 Å². The fourth-order valence-electron chi connectivity index (χ4n) is 2.05. The number of rotatable bonds is 6. The highest BCUT2D eigenvalue weighted by Gasteiger charge is 2.04. The van der Waals surface area contributed by atoms with Crippen molar-refractivity contribution in [3.63, 3.8) is 0 Å². The smallest absolute Gasteiger partial charge is 0.229 e. The van der Waals surface area contributed by atoms with Crippen LogP contribution in [0.2, 0.25) is 0 Å². The number of nitrogens with one attached hydrogen (secondary N) is 2. The molecule has 0 atom stereocenters. The minimum absolute atomic E-state index is 0.0171. The Balaban J connectivity index is 1.69. The fraction of sp³-hybridized carbons (Fsp3) is 0.118. The van der Waals surface area contributed by atoms with Gasteiger partial charge in [0.1, 0.15) is 11.6 Å². The van der Waals surface area contributed by atoms with E-state index in [4.69, 9.17) is 4.42 Å². The number of Topliss-reactive ketones (excluding diaryl/α,β-unsaturated/α-hetero) is 1. The van der Waals surface area contributed by atoms with E-state index in [9.17, 15) is 4.79 Å². The number of anilines is 3. The Labute approximate surface area is 133 Å². The number of ketones is 1. The average Bonchev–Trinajstić information content (AvgIpc) is 3.07. The maximum Gasteiger partial charge on any atom is 0.229 e. The summed E-state index contributed by atoms with van der Waals surface area (Å²) in [6, 6.07) is 12.7. The van der Waals surface area contributed by atoms with Gasteiger partial charge in [-0.05, 0) is 37.3 Å². The Morgan fingerprint density at radius 2 is 2.13 bits per heavy atom. The first-order chi connectivity index (χ1) is 11.2. The molecule has 3 aromatic rings. The number of nitrogens with zero attached hydrogens (tertiary/aromatic N) is 2. The van der Waals surface area contributed by atoms with Crippen LogP contribution in [0.5, 0.6) is 0 Å². The Hall–Kier alpha value is -3.15. The zero-order chi connectivity index (χ0) is 16.1. The molecule has 0 aliphatic carbocycles. The lowest BCUT2D eigenvalue weighted by Gasteiger charge is -2.08. The Kier molecular flexibility index (Phi) is 4.33. The molecule has 0 aliphatic rings. The van der Waals surface area contributed by atoms with Gasteiger partial charge in [-0.15, -0.1) is 0 Å². The van der Waals surface area contributed by atoms with Crippen LogP contribution in [0.3, 0.4) is 0 Å². The molecule has 0 radical (unpaired) electrons. The van der Waals surface area contributed by atoms with Crippen molar-refractivity contribution in [3.05, 3.63) is 66.2 Å². The van der Waals surface area contributed by atoms with Gasteiger partial charge in [0.25, 0.3) is 0 Å². The van der Waals surface area contributed by atoms with E-state index in [1.54, 1.807) is 30.7 Å². The van der Waals surface area contributed by atoms with Crippen molar-refractivity contribution in [1.29, 1.82) is 0 Å². The topological polar surface area (TPSA) is 80.0 Å². The Bertz CT molecular complexity index is 800. The van der Waals surface area contributed by atoms with Crippen LogP contribution in [-0.2, 0) is 6.54 Å². The zero-order valence-electron chi connectivity index (χ0n) is 12.6. The van der Waals surface area contributed by atoms with Crippen molar-refractivity contribution in [3.8, 4) is 0 Å². The standard InChI is InChI=1S/C17H16N4O2/c1-12(22)13-4-2-5-14(10-13)20-17-18-8-7-16(21-17)19-11-15-6-3-9-23-15/h2-10H,11H2,1H3,(H2,18,19,20,21). The summed E-state index contributed by atoms with van der Waals surface area (Å²) in [5, 5.41) is 6.26. The molecule has 116 valence electrons.